The Morgan fingerprint density at radius 3 is 2.50 bits per heavy atom. The van der Waals surface area contributed by atoms with Gasteiger partial charge in [-0.3, -0.25) is 9.59 Å². The highest BCUT2D eigenvalue weighted by Crippen LogP contribution is 2.14. The van der Waals surface area contributed by atoms with Crippen LogP contribution in [0.1, 0.15) is 11.1 Å². The number of para-hydroxylation sites is 1. The molecule has 0 bridgehead atoms. The third kappa shape index (κ3) is 5.57. The van der Waals surface area contributed by atoms with Crippen molar-refractivity contribution in [1.82, 2.24) is 10.7 Å². The number of ether oxygens (including phenoxy) is 1. The van der Waals surface area contributed by atoms with Gasteiger partial charge < -0.3 is 10.1 Å². The number of carbonyl (C=O) groups excluding carboxylic acids is 2. The van der Waals surface area contributed by atoms with Crippen LogP contribution in [0.4, 0.5) is 0 Å². The van der Waals surface area contributed by atoms with Crippen molar-refractivity contribution in [2.45, 2.75) is 6.42 Å². The van der Waals surface area contributed by atoms with Gasteiger partial charge in [-0.05, 0) is 17.7 Å². The molecule has 0 radical (unpaired) electrons. The molecule has 124 valence electrons. The monoisotopic (exact) mass is 325 g/mol. The molecule has 24 heavy (non-hydrogen) atoms. The molecule has 2 aromatic carbocycles. The van der Waals surface area contributed by atoms with Crippen molar-refractivity contribution < 1.29 is 14.3 Å². The second-order valence-electron chi connectivity index (χ2n) is 4.97. The molecule has 0 aliphatic heterocycles. The third-order valence-electron chi connectivity index (χ3n) is 3.19. The van der Waals surface area contributed by atoms with Crippen molar-refractivity contribution >= 4 is 18.0 Å². The highest BCUT2D eigenvalue weighted by Gasteiger charge is 2.05. The Hall–Kier alpha value is -3.15. The normalized spacial score (nSPS) is 10.4. The molecule has 0 atom stereocenters. The number of hydrazone groups is 1. The van der Waals surface area contributed by atoms with Crippen LogP contribution in [0.15, 0.2) is 59.7 Å². The lowest BCUT2D eigenvalue weighted by atomic mass is 10.1. The maximum Gasteiger partial charge on any atom is 0.259 e. The second-order valence-corrected chi connectivity index (χ2v) is 4.97. The van der Waals surface area contributed by atoms with Crippen LogP contribution in [0, 0.1) is 0 Å². The van der Waals surface area contributed by atoms with Crippen LogP contribution in [-0.4, -0.2) is 31.7 Å². The van der Waals surface area contributed by atoms with E-state index in [-0.39, 0.29) is 18.9 Å². The Kier molecular flexibility index (Phi) is 6.52. The van der Waals surface area contributed by atoms with E-state index in [9.17, 15) is 9.59 Å². The van der Waals surface area contributed by atoms with Gasteiger partial charge in [0.25, 0.3) is 5.91 Å². The summed E-state index contributed by atoms with van der Waals surface area (Å²) in [5.74, 6) is 0.0410. The van der Waals surface area contributed by atoms with Crippen molar-refractivity contribution in [2.75, 3.05) is 13.7 Å². The molecular formula is C18H19N3O3. The van der Waals surface area contributed by atoms with E-state index in [1.165, 1.54) is 6.21 Å². The van der Waals surface area contributed by atoms with Crippen molar-refractivity contribution in [3.63, 3.8) is 0 Å². The quantitative estimate of drug-likeness (QED) is 0.598. The lowest BCUT2D eigenvalue weighted by Crippen LogP contribution is -2.35. The standard InChI is InChI=1S/C18H19N3O3/c1-24-16-10-6-5-9-15(16)12-20-21-18(23)13-19-17(22)11-14-7-3-2-4-8-14/h2-10,12H,11,13H2,1H3,(H,19,22)(H,21,23)/b20-12+. The number of benzene rings is 2. The fourth-order valence-corrected chi connectivity index (χ4v) is 2.01. The van der Waals surface area contributed by atoms with Gasteiger partial charge in [0.15, 0.2) is 0 Å². The van der Waals surface area contributed by atoms with E-state index < -0.39 is 5.91 Å². The van der Waals surface area contributed by atoms with Crippen LogP contribution in [0.2, 0.25) is 0 Å². The smallest absolute Gasteiger partial charge is 0.259 e. The van der Waals surface area contributed by atoms with Crippen LogP contribution >= 0.6 is 0 Å². The highest BCUT2D eigenvalue weighted by atomic mass is 16.5. The molecule has 0 saturated heterocycles. The molecular weight excluding hydrogens is 306 g/mol. The summed E-state index contributed by atoms with van der Waals surface area (Å²) in [7, 11) is 1.56. The van der Waals surface area contributed by atoms with Crippen LogP contribution < -0.4 is 15.5 Å². The minimum absolute atomic E-state index is 0.130. The Morgan fingerprint density at radius 1 is 1.04 bits per heavy atom. The van der Waals surface area contributed by atoms with Gasteiger partial charge in [0.2, 0.25) is 5.91 Å². The molecule has 0 aliphatic carbocycles. The number of hydrogen-bond acceptors (Lipinski definition) is 4. The molecule has 6 heteroatoms. The zero-order valence-electron chi connectivity index (χ0n) is 13.4. The maximum atomic E-state index is 11.7. The number of rotatable bonds is 7. The average Bonchev–Trinajstić information content (AvgIpc) is 2.61. The van der Waals surface area contributed by atoms with Crippen LogP contribution in [0.25, 0.3) is 0 Å². The molecule has 0 saturated carbocycles. The maximum absolute atomic E-state index is 11.7. The number of nitrogens with one attached hydrogen (secondary N) is 2. The first-order valence-corrected chi connectivity index (χ1v) is 7.44. The Bertz CT molecular complexity index is 714. The van der Waals surface area contributed by atoms with E-state index >= 15 is 0 Å². The summed E-state index contributed by atoms with van der Waals surface area (Å²) in [5, 5.41) is 6.41. The summed E-state index contributed by atoms with van der Waals surface area (Å²) in [6.45, 7) is -0.130. The molecule has 0 heterocycles. The first kappa shape index (κ1) is 17.2. The largest absolute Gasteiger partial charge is 0.496 e. The third-order valence-corrected chi connectivity index (χ3v) is 3.19. The zero-order valence-corrected chi connectivity index (χ0v) is 13.4. The van der Waals surface area contributed by atoms with Crippen molar-refractivity contribution in [2.24, 2.45) is 5.10 Å². The first-order chi connectivity index (χ1) is 11.7. The van der Waals surface area contributed by atoms with Gasteiger partial charge in [-0.2, -0.15) is 5.10 Å². The van der Waals surface area contributed by atoms with Crippen molar-refractivity contribution in [3.8, 4) is 5.75 Å². The van der Waals surface area contributed by atoms with Gasteiger partial charge in [-0.25, -0.2) is 5.43 Å². The zero-order chi connectivity index (χ0) is 17.2. The summed E-state index contributed by atoms with van der Waals surface area (Å²) < 4.78 is 5.18. The molecule has 0 aliphatic rings. The average molecular weight is 325 g/mol. The molecule has 2 aromatic rings. The second kappa shape index (κ2) is 9.09. The molecule has 2 N–H and O–H groups in total. The first-order valence-electron chi connectivity index (χ1n) is 7.44. The molecule has 0 unspecified atom stereocenters. The van der Waals surface area contributed by atoms with Gasteiger partial charge in [0.05, 0.1) is 26.3 Å². The number of methoxy groups -OCH3 is 1. The summed E-state index contributed by atoms with van der Waals surface area (Å²) in [6.07, 6.45) is 1.72. The Balaban J connectivity index is 1.75. The summed E-state index contributed by atoms with van der Waals surface area (Å²) >= 11 is 0. The van der Waals surface area contributed by atoms with Crippen molar-refractivity contribution in [3.05, 3.63) is 65.7 Å². The molecule has 6 nitrogen and oxygen atoms in total. The summed E-state index contributed by atoms with van der Waals surface area (Å²) in [4.78, 5) is 23.4. The van der Waals surface area contributed by atoms with E-state index in [1.54, 1.807) is 13.2 Å². The molecule has 0 spiro atoms. The van der Waals surface area contributed by atoms with Gasteiger partial charge in [-0.15, -0.1) is 0 Å². The van der Waals surface area contributed by atoms with Crippen LogP contribution in [0.5, 0.6) is 5.75 Å². The van der Waals surface area contributed by atoms with Gasteiger partial charge in [-0.1, -0.05) is 42.5 Å². The van der Waals surface area contributed by atoms with Gasteiger partial charge >= 0.3 is 0 Å². The van der Waals surface area contributed by atoms with Crippen LogP contribution in [0.3, 0.4) is 0 Å². The minimum Gasteiger partial charge on any atom is -0.496 e. The number of nitrogens with zero attached hydrogens (tertiary/aromatic N) is 1. The van der Waals surface area contributed by atoms with E-state index in [0.29, 0.717) is 5.75 Å². The van der Waals surface area contributed by atoms with E-state index in [0.717, 1.165) is 11.1 Å². The Morgan fingerprint density at radius 2 is 1.75 bits per heavy atom. The van der Waals surface area contributed by atoms with Crippen LogP contribution in [-0.2, 0) is 16.0 Å². The van der Waals surface area contributed by atoms with E-state index in [2.05, 4.69) is 15.8 Å². The lowest BCUT2D eigenvalue weighted by Gasteiger charge is -2.05. The Labute approximate surface area is 140 Å². The van der Waals surface area contributed by atoms with E-state index in [4.69, 9.17) is 4.74 Å². The number of amides is 2. The minimum atomic E-state index is -0.400. The lowest BCUT2D eigenvalue weighted by molar-refractivity contribution is -0.125. The fraction of sp³-hybridized carbons (Fsp3) is 0.167. The molecule has 2 rings (SSSR count). The molecule has 2 amide bonds. The topological polar surface area (TPSA) is 79.8 Å². The number of carbonyl (C=O) groups is 2. The summed E-state index contributed by atoms with van der Waals surface area (Å²) in [6, 6.07) is 16.6. The SMILES string of the molecule is COc1ccccc1/C=N/NC(=O)CNC(=O)Cc1ccccc1. The van der Waals surface area contributed by atoms with Gasteiger partial charge in [0.1, 0.15) is 5.75 Å². The fourth-order valence-electron chi connectivity index (χ4n) is 2.01. The predicted molar refractivity (Wildman–Crippen MR) is 91.9 cm³/mol. The van der Waals surface area contributed by atoms with Gasteiger partial charge in [0, 0.05) is 5.56 Å². The summed E-state index contributed by atoms with van der Waals surface area (Å²) in [5.41, 5.74) is 4.00. The van der Waals surface area contributed by atoms with E-state index in [1.807, 2.05) is 48.5 Å². The highest BCUT2D eigenvalue weighted by molar-refractivity contribution is 5.87. The predicted octanol–water partition coefficient (Wildman–Crippen LogP) is 1.50. The van der Waals surface area contributed by atoms with Crippen molar-refractivity contribution in [1.29, 1.82) is 0 Å². The molecule has 0 fully saturated rings. The number of hydrogen-bond donors (Lipinski definition) is 2. The molecule has 0 aromatic heterocycles.